The highest BCUT2D eigenvalue weighted by Crippen LogP contribution is 2.43. The van der Waals surface area contributed by atoms with Crippen molar-refractivity contribution in [1.82, 2.24) is 0 Å². The number of allylic oxidation sites excluding steroid dienone is 4. The Hall–Kier alpha value is -1.02. The lowest BCUT2D eigenvalue weighted by Gasteiger charge is -2.20. The monoisotopic (exact) mass is 688 g/mol. The van der Waals surface area contributed by atoms with Crippen LogP contribution in [0.5, 0.6) is 0 Å². The van der Waals surface area contributed by atoms with E-state index in [1.165, 1.54) is 109 Å². The summed E-state index contributed by atoms with van der Waals surface area (Å²) in [4.78, 5) is 22.4. The van der Waals surface area contributed by atoms with E-state index in [1.807, 2.05) is 0 Å². The molecule has 9 heteroatoms. The maximum Gasteiger partial charge on any atom is 0.472 e. The number of unbranched alkanes of at least 4 members (excludes halogenated alkanes) is 20. The fraction of sp³-hybridized carbons (Fsp3) is 0.868. The van der Waals surface area contributed by atoms with E-state index in [-0.39, 0.29) is 32.3 Å². The first-order valence-electron chi connectivity index (χ1n) is 19.3. The quantitative estimate of drug-likeness (QED) is 0.0287. The fourth-order valence-electron chi connectivity index (χ4n) is 5.22. The normalized spacial score (nSPS) is 13.9. The van der Waals surface area contributed by atoms with Gasteiger partial charge in [0.25, 0.3) is 0 Å². The summed E-state index contributed by atoms with van der Waals surface area (Å²) in [7, 11) is -4.27. The van der Waals surface area contributed by atoms with Crippen LogP contribution in [-0.4, -0.2) is 49.9 Å². The zero-order valence-corrected chi connectivity index (χ0v) is 31.4. The highest BCUT2D eigenvalue weighted by Gasteiger charge is 2.25. The molecule has 0 aliphatic heterocycles. The molecule has 0 aromatic carbocycles. The first-order chi connectivity index (χ1) is 22.9. The molecule has 0 rings (SSSR count). The number of ether oxygens (including phenoxy) is 2. The largest absolute Gasteiger partial charge is 0.472 e. The van der Waals surface area contributed by atoms with Gasteiger partial charge in [0.15, 0.2) is 0 Å². The summed E-state index contributed by atoms with van der Waals surface area (Å²) in [5.41, 5.74) is 5.35. The Morgan fingerprint density at radius 3 is 1.57 bits per heavy atom. The van der Waals surface area contributed by atoms with E-state index in [2.05, 4.69) is 38.2 Å². The third-order valence-electron chi connectivity index (χ3n) is 8.09. The molecule has 0 aromatic heterocycles. The Morgan fingerprint density at radius 1 is 0.617 bits per heavy atom. The second-order valence-electron chi connectivity index (χ2n) is 12.8. The summed E-state index contributed by atoms with van der Waals surface area (Å²) in [6.07, 6.45) is 37.6. The van der Waals surface area contributed by atoms with Crippen molar-refractivity contribution in [3.63, 3.8) is 0 Å². The van der Waals surface area contributed by atoms with E-state index in [1.54, 1.807) is 0 Å². The number of esters is 1. The van der Waals surface area contributed by atoms with Crippen molar-refractivity contribution in [3.05, 3.63) is 24.3 Å². The number of carbonyl (C=O) groups is 1. The van der Waals surface area contributed by atoms with Gasteiger partial charge in [-0.15, -0.1) is 0 Å². The highest BCUT2D eigenvalue weighted by atomic mass is 31.2. The molecular formula is C38H74NO7P. The lowest BCUT2D eigenvalue weighted by atomic mass is 10.1. The molecule has 0 heterocycles. The van der Waals surface area contributed by atoms with Crippen LogP contribution in [0.2, 0.25) is 0 Å². The lowest BCUT2D eigenvalue weighted by molar-refractivity contribution is -0.154. The highest BCUT2D eigenvalue weighted by molar-refractivity contribution is 7.47. The number of phosphoric ester groups is 1. The maximum atomic E-state index is 12.5. The summed E-state index contributed by atoms with van der Waals surface area (Å²) in [6, 6.07) is 0. The van der Waals surface area contributed by atoms with E-state index in [9.17, 15) is 14.3 Å². The van der Waals surface area contributed by atoms with Crippen molar-refractivity contribution >= 4 is 13.8 Å². The summed E-state index contributed by atoms with van der Waals surface area (Å²) >= 11 is 0. The molecule has 0 spiro atoms. The van der Waals surface area contributed by atoms with Gasteiger partial charge in [0.1, 0.15) is 6.10 Å². The van der Waals surface area contributed by atoms with Gasteiger partial charge in [0, 0.05) is 19.6 Å². The summed E-state index contributed by atoms with van der Waals surface area (Å²) < 4.78 is 33.3. The number of nitrogens with two attached hydrogens (primary N) is 1. The molecule has 3 N–H and O–H groups in total. The van der Waals surface area contributed by atoms with Gasteiger partial charge in [-0.3, -0.25) is 13.8 Å². The van der Waals surface area contributed by atoms with Gasteiger partial charge < -0.3 is 20.1 Å². The van der Waals surface area contributed by atoms with Crippen molar-refractivity contribution in [2.24, 2.45) is 5.73 Å². The summed E-state index contributed by atoms with van der Waals surface area (Å²) in [5, 5.41) is 0. The number of carbonyl (C=O) groups excluding carboxylic acids is 1. The van der Waals surface area contributed by atoms with Crippen LogP contribution < -0.4 is 5.73 Å². The van der Waals surface area contributed by atoms with Crippen molar-refractivity contribution in [1.29, 1.82) is 0 Å². The van der Waals surface area contributed by atoms with Gasteiger partial charge >= 0.3 is 13.8 Å². The molecule has 0 aliphatic carbocycles. The average molecular weight is 688 g/mol. The minimum atomic E-state index is -4.27. The Kier molecular flexibility index (Phi) is 35.5. The number of hydrogen-bond acceptors (Lipinski definition) is 7. The predicted octanol–water partition coefficient (Wildman–Crippen LogP) is 10.9. The Morgan fingerprint density at radius 2 is 1.06 bits per heavy atom. The van der Waals surface area contributed by atoms with Gasteiger partial charge in [-0.05, 0) is 64.2 Å². The maximum absolute atomic E-state index is 12.5. The van der Waals surface area contributed by atoms with Crippen LogP contribution in [0, 0.1) is 0 Å². The van der Waals surface area contributed by atoms with Gasteiger partial charge in [-0.2, -0.15) is 0 Å². The zero-order valence-electron chi connectivity index (χ0n) is 30.5. The summed E-state index contributed by atoms with van der Waals surface area (Å²) in [5.74, 6) is -0.342. The predicted molar refractivity (Wildman–Crippen MR) is 197 cm³/mol. The molecule has 0 bridgehead atoms. The van der Waals surface area contributed by atoms with Crippen LogP contribution in [0.15, 0.2) is 24.3 Å². The van der Waals surface area contributed by atoms with Crippen molar-refractivity contribution in [2.45, 2.75) is 180 Å². The molecule has 0 fully saturated rings. The Balaban J connectivity index is 4.10. The molecule has 8 nitrogen and oxygen atoms in total. The van der Waals surface area contributed by atoms with Crippen LogP contribution in [0.25, 0.3) is 0 Å². The van der Waals surface area contributed by atoms with Crippen LogP contribution >= 0.6 is 7.82 Å². The van der Waals surface area contributed by atoms with Gasteiger partial charge in [-0.1, -0.05) is 128 Å². The van der Waals surface area contributed by atoms with E-state index in [4.69, 9.17) is 24.3 Å². The molecule has 0 saturated heterocycles. The van der Waals surface area contributed by atoms with E-state index >= 15 is 0 Å². The van der Waals surface area contributed by atoms with Gasteiger partial charge in [0.05, 0.1) is 19.8 Å². The van der Waals surface area contributed by atoms with E-state index in [0.717, 1.165) is 44.9 Å². The molecule has 0 amide bonds. The van der Waals surface area contributed by atoms with Crippen molar-refractivity contribution < 1.29 is 32.8 Å². The van der Waals surface area contributed by atoms with E-state index < -0.39 is 13.9 Å². The topological polar surface area (TPSA) is 117 Å². The Bertz CT molecular complexity index is 777. The molecular weight excluding hydrogens is 613 g/mol. The smallest absolute Gasteiger partial charge is 0.457 e. The van der Waals surface area contributed by atoms with Crippen LogP contribution in [0.4, 0.5) is 0 Å². The number of hydrogen-bond donors (Lipinski definition) is 2. The van der Waals surface area contributed by atoms with Crippen LogP contribution in [0.1, 0.15) is 174 Å². The van der Waals surface area contributed by atoms with Crippen LogP contribution in [0.3, 0.4) is 0 Å². The van der Waals surface area contributed by atoms with Crippen LogP contribution in [-0.2, 0) is 27.9 Å². The molecule has 278 valence electrons. The second-order valence-corrected chi connectivity index (χ2v) is 14.2. The van der Waals surface area contributed by atoms with Gasteiger partial charge in [0.2, 0.25) is 0 Å². The SMILES string of the molecule is CCCCCC/C=C\CCCCCCCC(=O)OC(COCCCCCCCC/C=C\CCCCCCC)COP(=O)(O)OCCN. The molecule has 2 unspecified atom stereocenters. The first-order valence-corrected chi connectivity index (χ1v) is 20.8. The molecule has 0 aromatic rings. The number of phosphoric acid groups is 1. The molecule has 0 aliphatic rings. The third-order valence-corrected chi connectivity index (χ3v) is 9.08. The summed E-state index contributed by atoms with van der Waals surface area (Å²) in [6.45, 7) is 4.88. The van der Waals surface area contributed by atoms with Crippen molar-refractivity contribution in [2.75, 3.05) is 33.0 Å². The fourth-order valence-corrected chi connectivity index (χ4v) is 5.99. The molecule has 2 atom stereocenters. The minimum Gasteiger partial charge on any atom is -0.457 e. The van der Waals surface area contributed by atoms with Crippen molar-refractivity contribution in [3.8, 4) is 0 Å². The third kappa shape index (κ3) is 36.1. The minimum absolute atomic E-state index is 0.0973. The number of rotatable bonds is 37. The average Bonchev–Trinajstić information content (AvgIpc) is 3.06. The molecule has 0 saturated carbocycles. The van der Waals surface area contributed by atoms with Gasteiger partial charge in [-0.25, -0.2) is 4.57 Å². The zero-order chi connectivity index (χ0) is 34.5. The lowest BCUT2D eigenvalue weighted by Crippen LogP contribution is -2.28. The molecule has 47 heavy (non-hydrogen) atoms. The Labute approximate surface area is 289 Å². The first kappa shape index (κ1) is 46.0. The second kappa shape index (κ2) is 36.3. The van der Waals surface area contributed by atoms with E-state index in [0.29, 0.717) is 13.0 Å². The standard InChI is InChI=1S/C38H74NO7P/c1-3-5-7-9-11-13-15-17-18-20-22-24-26-28-30-33-43-35-37(36-45-47(41,42)44-34-32-39)46-38(40)31-29-27-25-23-21-19-16-14-12-10-8-6-4-2/h14-17,37H,3-13,18-36,39H2,1-2H3,(H,41,42)/b16-14-,17-15-. The molecule has 0 radical (unpaired) electrons.